The molecule has 0 heterocycles. The van der Waals surface area contributed by atoms with E-state index in [1.54, 1.807) is 0 Å². The summed E-state index contributed by atoms with van der Waals surface area (Å²) >= 11 is 3.39. The Labute approximate surface area is 105 Å². The molecule has 86 valence electrons. The van der Waals surface area contributed by atoms with Gasteiger partial charge in [0.1, 0.15) is 0 Å². The van der Waals surface area contributed by atoms with Gasteiger partial charge in [0.15, 0.2) is 0 Å². The number of nitriles is 1. The second kappa shape index (κ2) is 6.51. The van der Waals surface area contributed by atoms with Gasteiger partial charge in [0.2, 0.25) is 0 Å². The molecule has 0 fully saturated rings. The van der Waals surface area contributed by atoms with Gasteiger partial charge in [0.05, 0.1) is 11.6 Å². The maximum atomic E-state index is 8.83. The first-order valence-electron chi connectivity index (χ1n) is 5.21. The highest BCUT2D eigenvalue weighted by Gasteiger charge is 1.98. The zero-order chi connectivity index (χ0) is 12.0. The summed E-state index contributed by atoms with van der Waals surface area (Å²) < 4.78 is 0.932. The topological polar surface area (TPSA) is 39.1 Å². The van der Waals surface area contributed by atoms with Crippen LogP contribution in [0.2, 0.25) is 0 Å². The van der Waals surface area contributed by atoms with E-state index in [9.17, 15) is 0 Å². The Kier molecular flexibility index (Phi) is 5.30. The van der Waals surface area contributed by atoms with Crippen LogP contribution in [0.3, 0.4) is 0 Å². The molecular weight excluding hydrogens is 266 g/mol. The van der Waals surface area contributed by atoms with E-state index in [0.717, 1.165) is 29.7 Å². The number of halogens is 1. The Morgan fingerprint density at radius 3 is 2.75 bits per heavy atom. The lowest BCUT2D eigenvalue weighted by Crippen LogP contribution is -2.16. The summed E-state index contributed by atoms with van der Waals surface area (Å²) in [5, 5.41) is 12.1. The van der Waals surface area contributed by atoms with Crippen LogP contribution >= 0.6 is 15.9 Å². The molecule has 1 N–H and O–H groups in total. The van der Waals surface area contributed by atoms with Crippen molar-refractivity contribution < 1.29 is 0 Å². The van der Waals surface area contributed by atoms with E-state index < -0.39 is 0 Å². The molecule has 0 spiro atoms. The van der Waals surface area contributed by atoms with Gasteiger partial charge in [-0.05, 0) is 45.3 Å². The fourth-order valence-corrected chi connectivity index (χ4v) is 1.88. The molecule has 1 aromatic carbocycles. The Morgan fingerprint density at radius 2 is 2.12 bits per heavy atom. The molecular formula is C12H16BrN3. The highest BCUT2D eigenvalue weighted by Crippen LogP contribution is 2.19. The Balaban J connectivity index is 2.48. The molecule has 1 aromatic rings. The molecule has 0 atom stereocenters. The maximum Gasteiger partial charge on any atom is 0.0992 e. The summed E-state index contributed by atoms with van der Waals surface area (Å²) in [5.74, 6) is 0. The molecule has 1 rings (SSSR count). The van der Waals surface area contributed by atoms with Crippen LogP contribution < -0.4 is 5.32 Å². The van der Waals surface area contributed by atoms with Crippen molar-refractivity contribution in [3.05, 3.63) is 28.2 Å². The third kappa shape index (κ3) is 4.65. The van der Waals surface area contributed by atoms with Gasteiger partial charge < -0.3 is 10.2 Å². The fraction of sp³-hybridized carbons (Fsp3) is 0.417. The fourth-order valence-electron chi connectivity index (χ4n) is 1.38. The minimum atomic E-state index is 0.671. The van der Waals surface area contributed by atoms with Crippen LogP contribution in [-0.2, 0) is 0 Å². The van der Waals surface area contributed by atoms with Gasteiger partial charge in [0.25, 0.3) is 0 Å². The van der Waals surface area contributed by atoms with E-state index in [1.165, 1.54) is 0 Å². The minimum Gasteiger partial charge on any atom is -0.385 e. The molecule has 0 bridgehead atoms. The second-order valence-electron chi connectivity index (χ2n) is 3.92. The molecule has 0 aliphatic carbocycles. The zero-order valence-electron chi connectivity index (χ0n) is 9.63. The van der Waals surface area contributed by atoms with Crippen LogP contribution in [0.25, 0.3) is 0 Å². The van der Waals surface area contributed by atoms with E-state index in [-0.39, 0.29) is 0 Å². The predicted molar refractivity (Wildman–Crippen MR) is 70.5 cm³/mol. The number of nitrogens with zero attached hydrogens (tertiary/aromatic N) is 2. The Bertz CT molecular complexity index is 382. The SMILES string of the molecule is CN(C)CCCNc1cc(Br)cc(C#N)c1. The van der Waals surface area contributed by atoms with Crippen LogP contribution in [0.4, 0.5) is 5.69 Å². The van der Waals surface area contributed by atoms with Crippen molar-refractivity contribution in [3.63, 3.8) is 0 Å². The smallest absolute Gasteiger partial charge is 0.0992 e. The van der Waals surface area contributed by atoms with E-state index >= 15 is 0 Å². The molecule has 0 saturated heterocycles. The summed E-state index contributed by atoms with van der Waals surface area (Å²) in [7, 11) is 4.12. The van der Waals surface area contributed by atoms with Crippen molar-refractivity contribution in [2.75, 3.05) is 32.5 Å². The van der Waals surface area contributed by atoms with E-state index in [0.29, 0.717) is 5.56 Å². The zero-order valence-corrected chi connectivity index (χ0v) is 11.2. The number of hydrogen-bond donors (Lipinski definition) is 1. The lowest BCUT2D eigenvalue weighted by Gasteiger charge is -2.11. The predicted octanol–water partition coefficient (Wildman–Crippen LogP) is 2.68. The summed E-state index contributed by atoms with van der Waals surface area (Å²) in [6.07, 6.45) is 1.08. The first kappa shape index (κ1) is 13.0. The summed E-state index contributed by atoms with van der Waals surface area (Å²) in [6.45, 7) is 1.98. The second-order valence-corrected chi connectivity index (χ2v) is 4.84. The van der Waals surface area contributed by atoms with Crippen molar-refractivity contribution in [1.29, 1.82) is 5.26 Å². The number of nitrogens with one attached hydrogen (secondary N) is 1. The Morgan fingerprint density at radius 1 is 1.38 bits per heavy atom. The van der Waals surface area contributed by atoms with E-state index in [4.69, 9.17) is 5.26 Å². The van der Waals surface area contributed by atoms with E-state index in [1.807, 2.05) is 18.2 Å². The molecule has 3 nitrogen and oxygen atoms in total. The van der Waals surface area contributed by atoms with Crippen molar-refractivity contribution in [2.24, 2.45) is 0 Å². The quantitative estimate of drug-likeness (QED) is 0.844. The standard InChI is InChI=1S/C12H16BrN3/c1-16(2)5-3-4-15-12-7-10(9-14)6-11(13)8-12/h6-8,15H,3-5H2,1-2H3. The summed E-state index contributed by atoms with van der Waals surface area (Å²) in [4.78, 5) is 2.16. The third-order valence-corrected chi connectivity index (χ3v) is 2.60. The Hall–Kier alpha value is -1.05. The summed E-state index contributed by atoms with van der Waals surface area (Å²) in [5.41, 5.74) is 1.66. The van der Waals surface area contributed by atoms with Gasteiger partial charge in [-0.25, -0.2) is 0 Å². The van der Waals surface area contributed by atoms with Crippen LogP contribution in [-0.4, -0.2) is 32.1 Å². The molecule has 4 heteroatoms. The maximum absolute atomic E-state index is 8.83. The van der Waals surface area contributed by atoms with Crippen LogP contribution in [0.1, 0.15) is 12.0 Å². The van der Waals surface area contributed by atoms with Gasteiger partial charge in [-0.3, -0.25) is 0 Å². The van der Waals surface area contributed by atoms with Gasteiger partial charge in [-0.15, -0.1) is 0 Å². The lowest BCUT2D eigenvalue weighted by molar-refractivity contribution is 0.405. The molecule has 0 unspecified atom stereocenters. The molecule has 0 aliphatic rings. The monoisotopic (exact) mass is 281 g/mol. The molecule has 0 aliphatic heterocycles. The van der Waals surface area contributed by atoms with Crippen molar-refractivity contribution in [3.8, 4) is 6.07 Å². The highest BCUT2D eigenvalue weighted by atomic mass is 79.9. The average Bonchev–Trinajstić information content (AvgIpc) is 2.23. The number of hydrogen-bond acceptors (Lipinski definition) is 3. The van der Waals surface area contributed by atoms with Gasteiger partial charge in [0, 0.05) is 16.7 Å². The van der Waals surface area contributed by atoms with Crippen molar-refractivity contribution in [2.45, 2.75) is 6.42 Å². The largest absolute Gasteiger partial charge is 0.385 e. The lowest BCUT2D eigenvalue weighted by atomic mass is 10.2. The molecule has 0 radical (unpaired) electrons. The molecule has 0 saturated carbocycles. The van der Waals surface area contributed by atoms with Gasteiger partial charge in [-0.2, -0.15) is 5.26 Å². The third-order valence-electron chi connectivity index (χ3n) is 2.14. The highest BCUT2D eigenvalue weighted by molar-refractivity contribution is 9.10. The molecule has 16 heavy (non-hydrogen) atoms. The number of benzene rings is 1. The molecule has 0 amide bonds. The summed E-state index contributed by atoms with van der Waals surface area (Å²) in [6, 6.07) is 7.79. The minimum absolute atomic E-state index is 0.671. The van der Waals surface area contributed by atoms with Gasteiger partial charge in [-0.1, -0.05) is 15.9 Å². The number of rotatable bonds is 5. The first-order chi connectivity index (χ1) is 7.61. The first-order valence-corrected chi connectivity index (χ1v) is 6.00. The normalized spacial score (nSPS) is 10.2. The van der Waals surface area contributed by atoms with Crippen LogP contribution in [0.15, 0.2) is 22.7 Å². The van der Waals surface area contributed by atoms with Crippen LogP contribution in [0.5, 0.6) is 0 Å². The van der Waals surface area contributed by atoms with Gasteiger partial charge >= 0.3 is 0 Å². The number of anilines is 1. The van der Waals surface area contributed by atoms with Crippen molar-refractivity contribution >= 4 is 21.6 Å². The molecule has 0 aromatic heterocycles. The van der Waals surface area contributed by atoms with E-state index in [2.05, 4.69) is 46.3 Å². The van der Waals surface area contributed by atoms with Crippen LogP contribution in [0, 0.1) is 11.3 Å². The average molecular weight is 282 g/mol. The van der Waals surface area contributed by atoms with Crippen molar-refractivity contribution in [1.82, 2.24) is 4.90 Å².